The summed E-state index contributed by atoms with van der Waals surface area (Å²) in [7, 11) is 0. The largest absolute Gasteiger partial charge is 0.384 e. The molecule has 3 aromatic rings. The van der Waals surface area contributed by atoms with Gasteiger partial charge in [0, 0.05) is 27.1 Å². The second-order valence-electron chi connectivity index (χ2n) is 4.57. The van der Waals surface area contributed by atoms with Gasteiger partial charge in [-0.3, -0.25) is 4.98 Å². The molecule has 2 heterocycles. The lowest BCUT2D eigenvalue weighted by Gasteiger charge is -2.20. The van der Waals surface area contributed by atoms with E-state index in [1.165, 1.54) is 10.1 Å². The summed E-state index contributed by atoms with van der Waals surface area (Å²) in [6.07, 6.45) is 2.44. The monoisotopic (exact) mass is 275 g/mol. The van der Waals surface area contributed by atoms with Crippen LogP contribution in [0.25, 0.3) is 10.1 Å². The number of thiazole rings is 1. The molecule has 1 unspecified atom stereocenters. The van der Waals surface area contributed by atoms with Gasteiger partial charge in [-0.05, 0) is 24.4 Å². The highest BCUT2D eigenvalue weighted by molar-refractivity contribution is 7.19. The van der Waals surface area contributed by atoms with Crippen molar-refractivity contribution in [2.45, 2.75) is 18.9 Å². The standard InChI is InChI=1S/C14H13NOS2/c1-14(16,7-11-8-15-9-17-11)13-6-10-4-2-3-5-12(10)18-13/h2-6,8-9,16H,7H2,1H3. The van der Waals surface area contributed by atoms with Crippen molar-refractivity contribution < 1.29 is 5.11 Å². The number of rotatable bonds is 3. The van der Waals surface area contributed by atoms with Crippen molar-refractivity contribution in [2.24, 2.45) is 0 Å². The average molecular weight is 275 g/mol. The van der Waals surface area contributed by atoms with Crippen LogP contribution < -0.4 is 0 Å². The van der Waals surface area contributed by atoms with E-state index in [2.05, 4.69) is 23.2 Å². The van der Waals surface area contributed by atoms with Crippen LogP contribution in [0.15, 0.2) is 42.0 Å². The van der Waals surface area contributed by atoms with Crippen LogP contribution in [0.3, 0.4) is 0 Å². The lowest BCUT2D eigenvalue weighted by Crippen LogP contribution is -2.22. The maximum atomic E-state index is 10.6. The molecule has 18 heavy (non-hydrogen) atoms. The van der Waals surface area contributed by atoms with Crippen LogP contribution >= 0.6 is 22.7 Å². The summed E-state index contributed by atoms with van der Waals surface area (Å²) in [5, 5.41) is 11.8. The van der Waals surface area contributed by atoms with E-state index < -0.39 is 5.60 Å². The van der Waals surface area contributed by atoms with Crippen molar-refractivity contribution >= 4 is 32.8 Å². The predicted molar refractivity (Wildman–Crippen MR) is 77.2 cm³/mol. The van der Waals surface area contributed by atoms with E-state index in [4.69, 9.17) is 0 Å². The number of hydrogen-bond donors (Lipinski definition) is 1. The molecule has 1 atom stereocenters. The van der Waals surface area contributed by atoms with Crippen molar-refractivity contribution in [3.63, 3.8) is 0 Å². The first kappa shape index (κ1) is 11.8. The SMILES string of the molecule is CC(O)(Cc1cncs1)c1cc2ccccc2s1. The molecule has 2 aromatic heterocycles. The van der Waals surface area contributed by atoms with Gasteiger partial charge >= 0.3 is 0 Å². The first-order valence-electron chi connectivity index (χ1n) is 5.74. The molecule has 4 heteroatoms. The minimum Gasteiger partial charge on any atom is -0.384 e. The van der Waals surface area contributed by atoms with E-state index in [-0.39, 0.29) is 0 Å². The molecule has 0 aliphatic carbocycles. The van der Waals surface area contributed by atoms with Gasteiger partial charge in [0.2, 0.25) is 0 Å². The van der Waals surface area contributed by atoms with Gasteiger partial charge in [0.1, 0.15) is 5.60 Å². The van der Waals surface area contributed by atoms with Gasteiger partial charge in [-0.2, -0.15) is 0 Å². The lowest BCUT2D eigenvalue weighted by atomic mass is 9.99. The zero-order chi connectivity index (χ0) is 12.6. The molecule has 0 aliphatic rings. The Hall–Kier alpha value is -1.23. The van der Waals surface area contributed by atoms with Crippen LogP contribution in [-0.4, -0.2) is 10.1 Å². The van der Waals surface area contributed by atoms with E-state index >= 15 is 0 Å². The molecule has 0 bridgehead atoms. The molecule has 1 N–H and O–H groups in total. The van der Waals surface area contributed by atoms with E-state index in [1.807, 2.05) is 25.3 Å². The third kappa shape index (κ3) is 2.19. The molecule has 0 spiro atoms. The molecule has 0 aliphatic heterocycles. The van der Waals surface area contributed by atoms with Gasteiger partial charge in [-0.25, -0.2) is 0 Å². The van der Waals surface area contributed by atoms with Gasteiger partial charge < -0.3 is 5.11 Å². The summed E-state index contributed by atoms with van der Waals surface area (Å²) < 4.78 is 1.22. The fraction of sp³-hybridized carbons (Fsp3) is 0.214. The molecule has 0 saturated carbocycles. The third-order valence-electron chi connectivity index (χ3n) is 2.96. The predicted octanol–water partition coefficient (Wildman–Crippen LogP) is 3.81. The number of nitrogens with zero attached hydrogens (tertiary/aromatic N) is 1. The van der Waals surface area contributed by atoms with Crippen molar-refractivity contribution in [2.75, 3.05) is 0 Å². The minimum atomic E-state index is -0.823. The normalized spacial score (nSPS) is 14.8. The third-order valence-corrected chi connectivity index (χ3v) is 5.11. The molecule has 0 radical (unpaired) electrons. The van der Waals surface area contributed by atoms with Crippen LogP contribution in [0.1, 0.15) is 16.7 Å². The van der Waals surface area contributed by atoms with Gasteiger partial charge in [-0.15, -0.1) is 22.7 Å². The molecule has 92 valence electrons. The van der Waals surface area contributed by atoms with Crippen molar-refractivity contribution in [3.8, 4) is 0 Å². The van der Waals surface area contributed by atoms with Crippen LogP contribution in [0, 0.1) is 0 Å². The molecular formula is C14H13NOS2. The molecule has 1 aromatic carbocycles. The molecule has 3 rings (SSSR count). The zero-order valence-electron chi connectivity index (χ0n) is 9.96. The first-order chi connectivity index (χ1) is 8.65. The van der Waals surface area contributed by atoms with Crippen molar-refractivity contribution in [3.05, 3.63) is 51.8 Å². The second kappa shape index (κ2) is 4.46. The molecule has 0 fully saturated rings. The Kier molecular flexibility index (Phi) is 2.93. The Labute approximate surface area is 114 Å². The zero-order valence-corrected chi connectivity index (χ0v) is 11.6. The highest BCUT2D eigenvalue weighted by atomic mass is 32.1. The topological polar surface area (TPSA) is 33.1 Å². The Balaban J connectivity index is 1.97. The summed E-state index contributed by atoms with van der Waals surface area (Å²) in [5.74, 6) is 0. The summed E-state index contributed by atoms with van der Waals surface area (Å²) in [6, 6.07) is 10.3. The number of benzene rings is 1. The molecule has 2 nitrogen and oxygen atoms in total. The van der Waals surface area contributed by atoms with Crippen LogP contribution in [0.2, 0.25) is 0 Å². The maximum absolute atomic E-state index is 10.6. The average Bonchev–Trinajstić information content (AvgIpc) is 2.96. The van der Waals surface area contributed by atoms with E-state index in [1.54, 1.807) is 28.2 Å². The molecule has 0 amide bonds. The second-order valence-corrected chi connectivity index (χ2v) is 6.62. The Morgan fingerprint density at radius 3 is 2.89 bits per heavy atom. The maximum Gasteiger partial charge on any atom is 0.101 e. The quantitative estimate of drug-likeness (QED) is 0.788. The van der Waals surface area contributed by atoms with Gasteiger partial charge in [0.15, 0.2) is 0 Å². The number of thiophene rings is 1. The summed E-state index contributed by atoms with van der Waals surface area (Å²) in [6.45, 7) is 1.87. The van der Waals surface area contributed by atoms with Crippen molar-refractivity contribution in [1.29, 1.82) is 0 Å². The van der Waals surface area contributed by atoms with Gasteiger partial charge in [0.25, 0.3) is 0 Å². The van der Waals surface area contributed by atoms with E-state index in [0.29, 0.717) is 6.42 Å². The fourth-order valence-electron chi connectivity index (χ4n) is 2.00. The summed E-state index contributed by atoms with van der Waals surface area (Å²) >= 11 is 3.25. The van der Waals surface area contributed by atoms with E-state index in [9.17, 15) is 5.11 Å². The van der Waals surface area contributed by atoms with Gasteiger partial charge in [0.05, 0.1) is 5.51 Å². The number of hydrogen-bond acceptors (Lipinski definition) is 4. The van der Waals surface area contributed by atoms with E-state index in [0.717, 1.165) is 9.75 Å². The highest BCUT2D eigenvalue weighted by Crippen LogP contribution is 2.35. The summed E-state index contributed by atoms with van der Waals surface area (Å²) in [4.78, 5) is 6.17. The van der Waals surface area contributed by atoms with Crippen molar-refractivity contribution in [1.82, 2.24) is 4.98 Å². The fourth-order valence-corrected chi connectivity index (χ4v) is 3.85. The number of aromatic nitrogens is 1. The smallest absolute Gasteiger partial charge is 0.101 e. The van der Waals surface area contributed by atoms with Crippen LogP contribution in [-0.2, 0) is 12.0 Å². The molecular weight excluding hydrogens is 262 g/mol. The van der Waals surface area contributed by atoms with Crippen LogP contribution in [0.5, 0.6) is 0 Å². The minimum absolute atomic E-state index is 0.616. The number of aliphatic hydroxyl groups is 1. The van der Waals surface area contributed by atoms with Gasteiger partial charge in [-0.1, -0.05) is 18.2 Å². The molecule has 0 saturated heterocycles. The summed E-state index contributed by atoms with van der Waals surface area (Å²) in [5.41, 5.74) is 0.979. The lowest BCUT2D eigenvalue weighted by molar-refractivity contribution is 0.0624. The van der Waals surface area contributed by atoms with Crippen LogP contribution in [0.4, 0.5) is 0 Å². The highest BCUT2D eigenvalue weighted by Gasteiger charge is 2.26. The first-order valence-corrected chi connectivity index (χ1v) is 7.43. The Bertz CT molecular complexity index is 622. The Morgan fingerprint density at radius 1 is 1.33 bits per heavy atom. The number of fused-ring (bicyclic) bond motifs is 1. The Morgan fingerprint density at radius 2 is 2.17 bits per heavy atom.